The molecule has 0 spiro atoms. The minimum atomic E-state index is 0.199. The van der Waals surface area contributed by atoms with Gasteiger partial charge in [0.15, 0.2) is 0 Å². The monoisotopic (exact) mass is 146 g/mol. The Morgan fingerprint density at radius 1 is 1.27 bits per heavy atom. The molecule has 11 heavy (non-hydrogen) atoms. The average molecular weight is 146 g/mol. The lowest BCUT2D eigenvalue weighted by atomic mass is 10.2. The van der Waals surface area contributed by atoms with Crippen LogP contribution in [0.5, 0.6) is 5.75 Å². The van der Waals surface area contributed by atoms with E-state index in [1.54, 1.807) is 18.3 Å². The molecule has 1 heterocycles. The number of nitrogens with zero attached hydrogens (tertiary/aromatic N) is 2. The number of aromatic hydroxyl groups is 1. The van der Waals surface area contributed by atoms with E-state index < -0.39 is 0 Å². The van der Waals surface area contributed by atoms with Gasteiger partial charge in [0.1, 0.15) is 17.6 Å². The molecule has 54 valence electrons. The lowest BCUT2D eigenvalue weighted by Crippen LogP contribution is -1.79. The summed E-state index contributed by atoms with van der Waals surface area (Å²) in [6.07, 6.45) is 3.09. The van der Waals surface area contributed by atoms with Crippen LogP contribution in [0.25, 0.3) is 10.9 Å². The molecule has 0 bridgehead atoms. The van der Waals surface area contributed by atoms with Crippen LogP contribution in [-0.4, -0.2) is 15.1 Å². The number of benzene rings is 1. The number of para-hydroxylation sites is 1. The lowest BCUT2D eigenvalue weighted by Gasteiger charge is -1.96. The van der Waals surface area contributed by atoms with E-state index in [0.717, 1.165) is 5.39 Å². The number of rotatable bonds is 0. The number of fused-ring (bicyclic) bond motifs is 1. The Balaban J connectivity index is 2.91. The Kier molecular flexibility index (Phi) is 1.22. The third-order valence-corrected chi connectivity index (χ3v) is 1.51. The number of phenols is 1. The molecule has 1 aromatic carbocycles. The normalized spacial score (nSPS) is 10.2. The van der Waals surface area contributed by atoms with Gasteiger partial charge in [-0.05, 0) is 6.07 Å². The van der Waals surface area contributed by atoms with Gasteiger partial charge in [-0.15, -0.1) is 0 Å². The van der Waals surface area contributed by atoms with Gasteiger partial charge in [-0.2, -0.15) is 0 Å². The minimum absolute atomic E-state index is 0.199. The summed E-state index contributed by atoms with van der Waals surface area (Å²) >= 11 is 0. The van der Waals surface area contributed by atoms with E-state index >= 15 is 0 Å². The van der Waals surface area contributed by atoms with Gasteiger partial charge in [-0.1, -0.05) is 12.1 Å². The highest BCUT2D eigenvalue weighted by atomic mass is 16.3. The van der Waals surface area contributed by atoms with Crippen molar-refractivity contribution in [1.82, 2.24) is 9.97 Å². The molecule has 2 aromatic rings. The van der Waals surface area contributed by atoms with Gasteiger partial charge in [-0.25, -0.2) is 9.97 Å². The standard InChI is InChI=1S/C8H6N2O/c11-7-3-1-2-6-4-9-5-10-8(6)7/h1-5,11H. The maximum Gasteiger partial charge on any atom is 0.141 e. The molecular weight excluding hydrogens is 140 g/mol. The van der Waals surface area contributed by atoms with Crippen LogP contribution >= 0.6 is 0 Å². The number of aromatic nitrogens is 2. The first kappa shape index (κ1) is 6.09. The van der Waals surface area contributed by atoms with Crippen molar-refractivity contribution in [3.63, 3.8) is 0 Å². The van der Waals surface area contributed by atoms with Crippen LogP contribution < -0.4 is 0 Å². The topological polar surface area (TPSA) is 46.0 Å². The molecule has 0 aliphatic carbocycles. The fourth-order valence-corrected chi connectivity index (χ4v) is 0.998. The highest BCUT2D eigenvalue weighted by Crippen LogP contribution is 2.19. The summed E-state index contributed by atoms with van der Waals surface area (Å²) in [5, 5.41) is 10.1. The molecule has 0 aliphatic heterocycles. The smallest absolute Gasteiger partial charge is 0.141 e. The van der Waals surface area contributed by atoms with E-state index in [9.17, 15) is 5.11 Å². The van der Waals surface area contributed by atoms with Gasteiger partial charge in [-0.3, -0.25) is 0 Å². The quantitative estimate of drug-likeness (QED) is 0.610. The maximum absolute atomic E-state index is 9.28. The molecule has 0 radical (unpaired) electrons. The van der Waals surface area contributed by atoms with Crippen molar-refractivity contribution >= 4 is 10.9 Å². The van der Waals surface area contributed by atoms with E-state index in [4.69, 9.17) is 0 Å². The van der Waals surface area contributed by atoms with E-state index in [1.165, 1.54) is 6.33 Å². The Morgan fingerprint density at radius 2 is 2.18 bits per heavy atom. The van der Waals surface area contributed by atoms with Crippen molar-refractivity contribution < 1.29 is 5.11 Å². The molecule has 0 fully saturated rings. The summed E-state index contributed by atoms with van der Waals surface area (Å²) in [7, 11) is 0. The van der Waals surface area contributed by atoms with Crippen LogP contribution in [0.4, 0.5) is 0 Å². The second-order valence-corrected chi connectivity index (χ2v) is 2.24. The first-order chi connectivity index (χ1) is 5.38. The fourth-order valence-electron chi connectivity index (χ4n) is 0.998. The molecule has 1 aromatic heterocycles. The van der Waals surface area contributed by atoms with E-state index in [0.29, 0.717) is 5.52 Å². The van der Waals surface area contributed by atoms with Crippen molar-refractivity contribution in [1.29, 1.82) is 0 Å². The first-order valence-corrected chi connectivity index (χ1v) is 3.25. The van der Waals surface area contributed by atoms with Crippen LogP contribution in [0, 0.1) is 0 Å². The predicted octanol–water partition coefficient (Wildman–Crippen LogP) is 1.34. The summed E-state index contributed by atoms with van der Waals surface area (Å²) < 4.78 is 0. The highest BCUT2D eigenvalue weighted by Gasteiger charge is 1.97. The molecule has 0 unspecified atom stereocenters. The lowest BCUT2D eigenvalue weighted by molar-refractivity contribution is 0.480. The highest BCUT2D eigenvalue weighted by molar-refractivity contribution is 5.82. The predicted molar refractivity (Wildman–Crippen MR) is 41.2 cm³/mol. The van der Waals surface area contributed by atoms with Gasteiger partial charge < -0.3 is 5.11 Å². The Hall–Kier alpha value is -1.64. The maximum atomic E-state index is 9.28. The van der Waals surface area contributed by atoms with E-state index in [-0.39, 0.29) is 5.75 Å². The van der Waals surface area contributed by atoms with Crippen molar-refractivity contribution in [3.8, 4) is 5.75 Å². The SMILES string of the molecule is Oc1cccc2cncnc12. The molecule has 3 heteroatoms. The Bertz CT molecular complexity index is 381. The molecule has 0 atom stereocenters. The van der Waals surface area contributed by atoms with Gasteiger partial charge in [0.05, 0.1) is 0 Å². The second kappa shape index (κ2) is 2.20. The third kappa shape index (κ3) is 0.902. The van der Waals surface area contributed by atoms with Gasteiger partial charge >= 0.3 is 0 Å². The van der Waals surface area contributed by atoms with Crippen LogP contribution in [0.2, 0.25) is 0 Å². The third-order valence-electron chi connectivity index (χ3n) is 1.51. The molecule has 3 nitrogen and oxygen atoms in total. The van der Waals surface area contributed by atoms with Crippen LogP contribution in [0.1, 0.15) is 0 Å². The Morgan fingerprint density at radius 3 is 3.00 bits per heavy atom. The van der Waals surface area contributed by atoms with Gasteiger partial charge in [0.2, 0.25) is 0 Å². The summed E-state index contributed by atoms with van der Waals surface area (Å²) in [5.74, 6) is 0.199. The fraction of sp³-hybridized carbons (Fsp3) is 0. The molecule has 0 saturated heterocycles. The molecule has 2 rings (SSSR count). The minimum Gasteiger partial charge on any atom is -0.506 e. The largest absolute Gasteiger partial charge is 0.506 e. The second-order valence-electron chi connectivity index (χ2n) is 2.24. The number of phenolic OH excluding ortho intramolecular Hbond substituents is 1. The van der Waals surface area contributed by atoms with E-state index in [1.807, 2.05) is 6.07 Å². The summed E-state index contributed by atoms with van der Waals surface area (Å²) in [4.78, 5) is 7.75. The zero-order valence-corrected chi connectivity index (χ0v) is 5.73. The number of hydrogen-bond donors (Lipinski definition) is 1. The number of hydrogen-bond acceptors (Lipinski definition) is 3. The van der Waals surface area contributed by atoms with Gasteiger partial charge in [0.25, 0.3) is 0 Å². The van der Waals surface area contributed by atoms with Crippen LogP contribution in [-0.2, 0) is 0 Å². The van der Waals surface area contributed by atoms with Crippen molar-refractivity contribution in [3.05, 3.63) is 30.7 Å². The molecule has 0 aliphatic rings. The average Bonchev–Trinajstić information content (AvgIpc) is 2.06. The van der Waals surface area contributed by atoms with Crippen molar-refractivity contribution in [2.24, 2.45) is 0 Å². The zero-order valence-electron chi connectivity index (χ0n) is 5.73. The van der Waals surface area contributed by atoms with Crippen LogP contribution in [0.15, 0.2) is 30.7 Å². The van der Waals surface area contributed by atoms with Crippen molar-refractivity contribution in [2.75, 3.05) is 0 Å². The molecule has 1 N–H and O–H groups in total. The molecular formula is C8H6N2O. The Labute approximate surface area is 63.3 Å². The van der Waals surface area contributed by atoms with E-state index in [2.05, 4.69) is 9.97 Å². The zero-order chi connectivity index (χ0) is 7.68. The summed E-state index contributed by atoms with van der Waals surface area (Å²) in [5.41, 5.74) is 0.600. The van der Waals surface area contributed by atoms with Crippen molar-refractivity contribution in [2.45, 2.75) is 0 Å². The van der Waals surface area contributed by atoms with Gasteiger partial charge in [0, 0.05) is 11.6 Å². The van der Waals surface area contributed by atoms with Crippen LogP contribution in [0.3, 0.4) is 0 Å². The summed E-state index contributed by atoms with van der Waals surface area (Å²) in [6.45, 7) is 0. The molecule has 0 saturated carbocycles. The molecule has 0 amide bonds. The first-order valence-electron chi connectivity index (χ1n) is 3.25. The summed E-state index contributed by atoms with van der Waals surface area (Å²) in [6, 6.07) is 5.23.